The Balaban J connectivity index is 2.81. The summed E-state index contributed by atoms with van der Waals surface area (Å²) in [5.41, 5.74) is 0.712. The molecule has 0 spiro atoms. The van der Waals surface area contributed by atoms with E-state index in [4.69, 9.17) is 4.74 Å². The molecule has 6 nitrogen and oxygen atoms in total. The molecule has 1 aromatic carbocycles. The first kappa shape index (κ1) is 19.4. The molecule has 23 heavy (non-hydrogen) atoms. The van der Waals surface area contributed by atoms with Gasteiger partial charge in [0, 0.05) is 6.04 Å². The highest BCUT2D eigenvalue weighted by Gasteiger charge is 2.23. The van der Waals surface area contributed by atoms with Crippen LogP contribution < -0.4 is 14.8 Å². The van der Waals surface area contributed by atoms with Gasteiger partial charge < -0.3 is 10.1 Å². The molecule has 0 saturated carbocycles. The molecule has 130 valence electrons. The number of amides is 1. The van der Waals surface area contributed by atoms with Crippen LogP contribution in [0, 0.1) is 6.92 Å². The monoisotopic (exact) mass is 342 g/mol. The molecule has 7 heteroatoms. The predicted molar refractivity (Wildman–Crippen MR) is 90.0 cm³/mol. The summed E-state index contributed by atoms with van der Waals surface area (Å²) in [5.74, 6) is 0.280. The SMILES string of the molecule is CCC[C@@H](C)NC(=O)[C@@H](C)NS(=O)(=O)c1ccc(OC)c(C)c1. The van der Waals surface area contributed by atoms with E-state index in [1.807, 2.05) is 13.8 Å². The predicted octanol–water partition coefficient (Wildman–Crippen LogP) is 1.98. The topological polar surface area (TPSA) is 84.5 Å². The Hall–Kier alpha value is -1.60. The van der Waals surface area contributed by atoms with E-state index in [1.165, 1.54) is 26.2 Å². The molecular weight excluding hydrogens is 316 g/mol. The van der Waals surface area contributed by atoms with Gasteiger partial charge in [-0.15, -0.1) is 0 Å². The second kappa shape index (κ2) is 8.31. The Bertz CT molecular complexity index is 643. The van der Waals surface area contributed by atoms with Gasteiger partial charge in [0.05, 0.1) is 18.0 Å². The van der Waals surface area contributed by atoms with E-state index in [0.29, 0.717) is 11.3 Å². The fraction of sp³-hybridized carbons (Fsp3) is 0.562. The standard InChI is InChI=1S/C16H26N2O4S/c1-6-7-12(3)17-16(19)13(4)18-23(20,21)14-8-9-15(22-5)11(2)10-14/h8-10,12-13,18H,6-7H2,1-5H3,(H,17,19)/t12-,13-/m1/s1. The summed E-state index contributed by atoms with van der Waals surface area (Å²) >= 11 is 0. The average molecular weight is 342 g/mol. The maximum absolute atomic E-state index is 12.4. The van der Waals surface area contributed by atoms with E-state index in [2.05, 4.69) is 10.0 Å². The molecule has 0 aliphatic carbocycles. The summed E-state index contributed by atoms with van der Waals surface area (Å²) < 4.78 is 32.3. The first-order valence-corrected chi connectivity index (χ1v) is 9.17. The highest BCUT2D eigenvalue weighted by Crippen LogP contribution is 2.21. The van der Waals surface area contributed by atoms with Crippen LogP contribution in [0.3, 0.4) is 0 Å². The van der Waals surface area contributed by atoms with Gasteiger partial charge in [-0.2, -0.15) is 4.72 Å². The zero-order valence-corrected chi connectivity index (χ0v) is 15.2. The number of rotatable bonds is 8. The molecule has 0 aromatic heterocycles. The van der Waals surface area contributed by atoms with Crippen LogP contribution in [0.1, 0.15) is 39.2 Å². The van der Waals surface area contributed by atoms with Gasteiger partial charge in [0.15, 0.2) is 0 Å². The molecule has 1 amide bonds. The first-order chi connectivity index (χ1) is 10.7. The minimum Gasteiger partial charge on any atom is -0.496 e. The van der Waals surface area contributed by atoms with Crippen molar-refractivity contribution < 1.29 is 17.9 Å². The second-order valence-corrected chi connectivity index (χ2v) is 7.39. The van der Waals surface area contributed by atoms with E-state index in [0.717, 1.165) is 12.8 Å². The molecule has 0 unspecified atom stereocenters. The van der Waals surface area contributed by atoms with Crippen LogP contribution in [0.4, 0.5) is 0 Å². The lowest BCUT2D eigenvalue weighted by Crippen LogP contribution is -2.47. The molecule has 1 aromatic rings. The van der Waals surface area contributed by atoms with Crippen molar-refractivity contribution in [1.82, 2.24) is 10.0 Å². The van der Waals surface area contributed by atoms with E-state index >= 15 is 0 Å². The summed E-state index contributed by atoms with van der Waals surface area (Å²) in [7, 11) is -2.24. The number of carbonyl (C=O) groups excluding carboxylic acids is 1. The summed E-state index contributed by atoms with van der Waals surface area (Å²) in [6.07, 6.45) is 1.80. The number of hydrogen-bond donors (Lipinski definition) is 2. The smallest absolute Gasteiger partial charge is 0.241 e. The zero-order valence-electron chi connectivity index (χ0n) is 14.3. The van der Waals surface area contributed by atoms with E-state index in [1.54, 1.807) is 13.0 Å². The molecule has 2 atom stereocenters. The van der Waals surface area contributed by atoms with Crippen LogP contribution in [0.5, 0.6) is 5.75 Å². The van der Waals surface area contributed by atoms with E-state index < -0.39 is 16.1 Å². The molecule has 0 heterocycles. The van der Waals surface area contributed by atoms with Crippen LogP contribution in [0.25, 0.3) is 0 Å². The lowest BCUT2D eigenvalue weighted by Gasteiger charge is -2.18. The second-order valence-electron chi connectivity index (χ2n) is 5.67. The van der Waals surface area contributed by atoms with Crippen LogP contribution in [0.15, 0.2) is 23.1 Å². The third-order valence-corrected chi connectivity index (χ3v) is 5.05. The Morgan fingerprint density at radius 3 is 2.48 bits per heavy atom. The third kappa shape index (κ3) is 5.51. The largest absolute Gasteiger partial charge is 0.496 e. The van der Waals surface area contributed by atoms with Gasteiger partial charge >= 0.3 is 0 Å². The molecule has 0 aliphatic rings. The number of benzene rings is 1. The first-order valence-electron chi connectivity index (χ1n) is 7.68. The number of carbonyl (C=O) groups is 1. The van der Waals surface area contributed by atoms with Crippen LogP contribution >= 0.6 is 0 Å². The van der Waals surface area contributed by atoms with E-state index in [-0.39, 0.29) is 16.8 Å². The zero-order chi connectivity index (χ0) is 17.6. The Labute approximate surface area is 138 Å². The maximum Gasteiger partial charge on any atom is 0.241 e. The Morgan fingerprint density at radius 1 is 1.30 bits per heavy atom. The summed E-state index contributed by atoms with van der Waals surface area (Å²) in [5, 5.41) is 2.80. The highest BCUT2D eigenvalue weighted by atomic mass is 32.2. The molecule has 0 bridgehead atoms. The number of sulfonamides is 1. The highest BCUT2D eigenvalue weighted by molar-refractivity contribution is 7.89. The van der Waals surface area contributed by atoms with Gasteiger partial charge in [0.1, 0.15) is 5.75 Å². The molecule has 0 saturated heterocycles. The lowest BCUT2D eigenvalue weighted by atomic mass is 10.2. The van der Waals surface area contributed by atoms with Crippen molar-refractivity contribution in [2.24, 2.45) is 0 Å². The van der Waals surface area contributed by atoms with Gasteiger partial charge in [-0.3, -0.25) is 4.79 Å². The third-order valence-electron chi connectivity index (χ3n) is 3.51. The Morgan fingerprint density at radius 2 is 1.96 bits per heavy atom. The quantitative estimate of drug-likeness (QED) is 0.756. The molecule has 0 radical (unpaired) electrons. The van der Waals surface area contributed by atoms with Crippen molar-refractivity contribution in [2.75, 3.05) is 7.11 Å². The fourth-order valence-electron chi connectivity index (χ4n) is 2.25. The summed E-state index contributed by atoms with van der Waals surface area (Å²) in [6, 6.07) is 3.74. The van der Waals surface area contributed by atoms with Crippen LogP contribution in [0.2, 0.25) is 0 Å². The number of methoxy groups -OCH3 is 1. The number of aryl methyl sites for hydroxylation is 1. The normalized spacial score (nSPS) is 14.1. The summed E-state index contributed by atoms with van der Waals surface area (Å²) in [6.45, 7) is 7.22. The molecular formula is C16H26N2O4S. The molecule has 0 aliphatic heterocycles. The molecule has 2 N–H and O–H groups in total. The van der Waals surface area contributed by atoms with Crippen molar-refractivity contribution >= 4 is 15.9 Å². The van der Waals surface area contributed by atoms with Crippen molar-refractivity contribution in [3.05, 3.63) is 23.8 Å². The van der Waals surface area contributed by atoms with Crippen molar-refractivity contribution in [2.45, 2.75) is 57.5 Å². The lowest BCUT2D eigenvalue weighted by molar-refractivity contribution is -0.123. The van der Waals surface area contributed by atoms with Crippen molar-refractivity contribution in [1.29, 1.82) is 0 Å². The van der Waals surface area contributed by atoms with Gasteiger partial charge in [-0.05, 0) is 51.0 Å². The summed E-state index contributed by atoms with van der Waals surface area (Å²) in [4.78, 5) is 12.2. The Kier molecular flexibility index (Phi) is 7.02. The van der Waals surface area contributed by atoms with Gasteiger partial charge in [-0.25, -0.2) is 8.42 Å². The van der Waals surface area contributed by atoms with Gasteiger partial charge in [-0.1, -0.05) is 13.3 Å². The van der Waals surface area contributed by atoms with Gasteiger partial charge in [0.25, 0.3) is 0 Å². The number of hydrogen-bond acceptors (Lipinski definition) is 4. The molecule has 1 rings (SSSR count). The minimum absolute atomic E-state index is 0.0164. The fourth-order valence-corrected chi connectivity index (χ4v) is 3.53. The minimum atomic E-state index is -3.77. The average Bonchev–Trinajstić information content (AvgIpc) is 2.46. The van der Waals surface area contributed by atoms with E-state index in [9.17, 15) is 13.2 Å². The van der Waals surface area contributed by atoms with Crippen LogP contribution in [-0.4, -0.2) is 33.5 Å². The van der Waals surface area contributed by atoms with Crippen molar-refractivity contribution in [3.8, 4) is 5.75 Å². The number of ether oxygens (including phenoxy) is 1. The van der Waals surface area contributed by atoms with Crippen LogP contribution in [-0.2, 0) is 14.8 Å². The molecule has 0 fully saturated rings. The maximum atomic E-state index is 12.4. The van der Waals surface area contributed by atoms with Gasteiger partial charge in [0.2, 0.25) is 15.9 Å². The van der Waals surface area contributed by atoms with Crippen molar-refractivity contribution in [3.63, 3.8) is 0 Å². The number of nitrogens with one attached hydrogen (secondary N) is 2.